The number of likely N-dealkylation sites (N-methyl/N-ethyl adjacent to an activating group) is 1. The van der Waals surface area contributed by atoms with Crippen molar-refractivity contribution in [3.05, 3.63) is 29.8 Å². The quantitative estimate of drug-likeness (QED) is 0.400. The summed E-state index contributed by atoms with van der Waals surface area (Å²) in [7, 11) is 1.72. The van der Waals surface area contributed by atoms with Crippen LogP contribution in [0.2, 0.25) is 0 Å². The van der Waals surface area contributed by atoms with Crippen molar-refractivity contribution < 1.29 is 24.2 Å². The topological polar surface area (TPSA) is 123 Å². The Morgan fingerprint density at radius 1 is 1.10 bits per heavy atom. The number of hydrogen-bond acceptors (Lipinski definition) is 7. The molecule has 220 valence electrons. The van der Waals surface area contributed by atoms with Crippen LogP contribution in [0.15, 0.2) is 24.3 Å². The number of hydrogen-bond donors (Lipinski definition) is 4. The monoisotopic (exact) mass is 555 g/mol. The van der Waals surface area contributed by atoms with Gasteiger partial charge in [-0.05, 0) is 52.1 Å². The molecule has 6 atom stereocenters. The molecule has 0 aromatic heterocycles. The lowest BCUT2D eigenvalue weighted by molar-refractivity contribution is -0.149. The molecule has 1 aromatic carbocycles. The van der Waals surface area contributed by atoms with Crippen LogP contribution in [0.25, 0.3) is 0 Å². The minimum Gasteiger partial charge on any atom is -0.493 e. The molecule has 0 radical (unpaired) electrons. The summed E-state index contributed by atoms with van der Waals surface area (Å²) in [6.07, 6.45) is 6.11. The van der Waals surface area contributed by atoms with Crippen LogP contribution in [0.1, 0.15) is 70.4 Å². The molecule has 2 saturated heterocycles. The largest absolute Gasteiger partial charge is 0.493 e. The van der Waals surface area contributed by atoms with Crippen molar-refractivity contribution in [2.24, 2.45) is 5.92 Å². The van der Waals surface area contributed by atoms with E-state index in [1.165, 1.54) is 0 Å². The summed E-state index contributed by atoms with van der Waals surface area (Å²) in [5.41, 5.74) is 0.0649. The van der Waals surface area contributed by atoms with Crippen molar-refractivity contribution in [3.63, 3.8) is 0 Å². The Kier molecular flexibility index (Phi) is 8.68. The van der Waals surface area contributed by atoms with Crippen molar-refractivity contribution in [1.82, 2.24) is 25.8 Å². The van der Waals surface area contributed by atoms with E-state index in [4.69, 9.17) is 4.74 Å². The van der Waals surface area contributed by atoms with Gasteiger partial charge in [0.1, 0.15) is 17.8 Å². The number of aliphatic hydroxyl groups is 1. The number of nitrogens with one attached hydrogen (secondary N) is 3. The van der Waals surface area contributed by atoms with E-state index in [0.29, 0.717) is 39.1 Å². The SMILES string of the molecule is CN[C@@H](C)C(=O)N[C@H](C(=O)N1C[C@H]2CC(C)(O)CN2CC1C(=O)N[C@@H]1CCOc2ccccc21)C1CCCCC1. The minimum absolute atomic E-state index is 0.0325. The first-order valence-electron chi connectivity index (χ1n) is 14.9. The predicted molar refractivity (Wildman–Crippen MR) is 151 cm³/mol. The van der Waals surface area contributed by atoms with Gasteiger partial charge in [0.2, 0.25) is 17.7 Å². The molecular formula is C30H45N5O5. The summed E-state index contributed by atoms with van der Waals surface area (Å²) in [6, 6.07) is 5.63. The fourth-order valence-corrected chi connectivity index (χ4v) is 7.00. The maximum Gasteiger partial charge on any atom is 0.246 e. The van der Waals surface area contributed by atoms with E-state index in [0.717, 1.165) is 43.4 Å². The van der Waals surface area contributed by atoms with Gasteiger partial charge in [0.25, 0.3) is 0 Å². The van der Waals surface area contributed by atoms with E-state index < -0.39 is 23.7 Å². The molecular weight excluding hydrogens is 510 g/mol. The van der Waals surface area contributed by atoms with Gasteiger partial charge < -0.3 is 30.7 Å². The van der Waals surface area contributed by atoms with Gasteiger partial charge in [0, 0.05) is 37.7 Å². The van der Waals surface area contributed by atoms with E-state index in [1.54, 1.807) is 18.9 Å². The van der Waals surface area contributed by atoms with Gasteiger partial charge in [-0.1, -0.05) is 37.5 Å². The first-order chi connectivity index (χ1) is 19.2. The zero-order valence-electron chi connectivity index (χ0n) is 24.0. The molecule has 1 saturated carbocycles. The average Bonchev–Trinajstić information content (AvgIpc) is 3.27. The standard InChI is InChI=1S/C30H45N5O5/c1-19(31-3)27(36)33-26(20-9-5-4-6-10-20)29(38)35-16-21-15-30(2,39)18-34(21)17-24(35)28(37)32-23-13-14-40-25-12-8-7-11-22(23)25/h7-8,11-12,19-21,23-24,26,31,39H,4-6,9-10,13-18H2,1-3H3,(H,32,37)(H,33,36)/t19-,21+,23+,24?,26-,30?/m0/s1. The maximum atomic E-state index is 14.4. The average molecular weight is 556 g/mol. The van der Waals surface area contributed by atoms with Gasteiger partial charge in [0.15, 0.2) is 0 Å². The molecule has 4 aliphatic rings. The van der Waals surface area contributed by atoms with E-state index in [9.17, 15) is 19.5 Å². The van der Waals surface area contributed by atoms with Crippen molar-refractivity contribution >= 4 is 17.7 Å². The molecule has 2 unspecified atom stereocenters. The van der Waals surface area contributed by atoms with Crippen molar-refractivity contribution in [2.75, 3.05) is 33.3 Å². The van der Waals surface area contributed by atoms with Gasteiger partial charge >= 0.3 is 0 Å². The molecule has 10 nitrogen and oxygen atoms in total. The summed E-state index contributed by atoms with van der Waals surface area (Å²) in [4.78, 5) is 45.2. The molecule has 1 aromatic rings. The second kappa shape index (κ2) is 12.0. The summed E-state index contributed by atoms with van der Waals surface area (Å²) in [5, 5.41) is 20.1. The molecule has 3 amide bonds. The molecule has 40 heavy (non-hydrogen) atoms. The maximum absolute atomic E-state index is 14.4. The van der Waals surface area contributed by atoms with Crippen molar-refractivity contribution in [3.8, 4) is 5.75 Å². The number of piperazine rings is 1. The lowest BCUT2D eigenvalue weighted by Crippen LogP contribution is -2.66. The normalized spacial score (nSPS) is 30.4. The number of fused-ring (bicyclic) bond motifs is 2. The highest BCUT2D eigenvalue weighted by Gasteiger charge is 2.49. The molecule has 1 aliphatic carbocycles. The molecule has 3 heterocycles. The van der Waals surface area contributed by atoms with Crippen LogP contribution in [0.5, 0.6) is 5.75 Å². The lowest BCUT2D eigenvalue weighted by atomic mass is 9.82. The molecule has 5 rings (SSSR count). The number of carbonyl (C=O) groups is 3. The Morgan fingerprint density at radius 2 is 1.85 bits per heavy atom. The number of carbonyl (C=O) groups excluding carboxylic acids is 3. The third-order valence-electron chi connectivity index (χ3n) is 9.30. The molecule has 4 N–H and O–H groups in total. The second-order valence-electron chi connectivity index (χ2n) is 12.4. The summed E-state index contributed by atoms with van der Waals surface area (Å²) in [6.45, 7) is 5.26. The van der Waals surface area contributed by atoms with Crippen LogP contribution in [0.4, 0.5) is 0 Å². The second-order valence-corrected chi connectivity index (χ2v) is 12.4. The van der Waals surface area contributed by atoms with Crippen LogP contribution in [-0.2, 0) is 14.4 Å². The Hall–Kier alpha value is -2.69. The zero-order chi connectivity index (χ0) is 28.4. The number of amides is 3. The Balaban J connectivity index is 1.41. The molecule has 3 fully saturated rings. The zero-order valence-corrected chi connectivity index (χ0v) is 24.0. The smallest absolute Gasteiger partial charge is 0.246 e. The predicted octanol–water partition coefficient (Wildman–Crippen LogP) is 1.34. The number of nitrogens with zero attached hydrogens (tertiary/aromatic N) is 2. The minimum atomic E-state index is -0.871. The highest BCUT2D eigenvalue weighted by molar-refractivity contribution is 5.93. The summed E-state index contributed by atoms with van der Waals surface area (Å²) < 4.78 is 5.79. The third kappa shape index (κ3) is 6.14. The first-order valence-corrected chi connectivity index (χ1v) is 14.9. The summed E-state index contributed by atoms with van der Waals surface area (Å²) >= 11 is 0. The van der Waals surface area contributed by atoms with Crippen LogP contribution in [0, 0.1) is 5.92 Å². The van der Waals surface area contributed by atoms with Crippen molar-refractivity contribution in [1.29, 1.82) is 0 Å². The molecule has 10 heteroatoms. The van der Waals surface area contributed by atoms with E-state index >= 15 is 0 Å². The van der Waals surface area contributed by atoms with Crippen molar-refractivity contribution in [2.45, 2.75) is 94.6 Å². The lowest BCUT2D eigenvalue weighted by Gasteiger charge is -2.45. The third-order valence-corrected chi connectivity index (χ3v) is 9.30. The Labute approximate surface area is 237 Å². The Bertz CT molecular complexity index is 1090. The van der Waals surface area contributed by atoms with E-state index in [1.807, 2.05) is 31.2 Å². The van der Waals surface area contributed by atoms with E-state index in [2.05, 4.69) is 20.9 Å². The highest BCUT2D eigenvalue weighted by atomic mass is 16.5. The van der Waals surface area contributed by atoms with Gasteiger partial charge in [-0.25, -0.2) is 0 Å². The van der Waals surface area contributed by atoms with Gasteiger partial charge in [-0.15, -0.1) is 0 Å². The Morgan fingerprint density at radius 3 is 2.60 bits per heavy atom. The van der Waals surface area contributed by atoms with Crippen LogP contribution >= 0.6 is 0 Å². The molecule has 3 aliphatic heterocycles. The first kappa shape index (κ1) is 28.8. The number of benzene rings is 1. The number of ether oxygens (including phenoxy) is 1. The molecule has 0 bridgehead atoms. The van der Waals surface area contributed by atoms with Gasteiger partial charge in [-0.2, -0.15) is 0 Å². The van der Waals surface area contributed by atoms with Crippen LogP contribution in [0.3, 0.4) is 0 Å². The van der Waals surface area contributed by atoms with Crippen LogP contribution < -0.4 is 20.7 Å². The van der Waals surface area contributed by atoms with Crippen LogP contribution in [-0.4, -0.2) is 95.7 Å². The fraction of sp³-hybridized carbons (Fsp3) is 0.700. The van der Waals surface area contributed by atoms with Gasteiger partial charge in [-0.3, -0.25) is 19.3 Å². The fourth-order valence-electron chi connectivity index (χ4n) is 7.00. The molecule has 0 spiro atoms. The highest BCUT2D eigenvalue weighted by Crippen LogP contribution is 2.35. The number of para-hydroxylation sites is 1. The summed E-state index contributed by atoms with van der Waals surface area (Å²) in [5.74, 6) is 0.184. The number of rotatable bonds is 7. The van der Waals surface area contributed by atoms with E-state index in [-0.39, 0.29) is 35.7 Å². The van der Waals surface area contributed by atoms with Gasteiger partial charge in [0.05, 0.1) is 24.3 Å².